The number of likely N-dealkylation sites (N-methyl/N-ethyl adjacent to an activating group) is 1. The van der Waals surface area contributed by atoms with Gasteiger partial charge in [0.05, 0.1) is 0 Å². The van der Waals surface area contributed by atoms with Crippen LogP contribution in [-0.2, 0) is 4.79 Å². The molecule has 0 fully saturated rings. The highest BCUT2D eigenvalue weighted by atomic mass is 16.1. The van der Waals surface area contributed by atoms with E-state index in [0.717, 1.165) is 6.54 Å². The Balaban J connectivity index is 3.44. The summed E-state index contributed by atoms with van der Waals surface area (Å²) in [5.41, 5.74) is 5.33. The van der Waals surface area contributed by atoms with Crippen molar-refractivity contribution in [3.05, 3.63) is 0 Å². The monoisotopic (exact) mass is 173 g/mol. The van der Waals surface area contributed by atoms with Crippen molar-refractivity contribution in [2.45, 2.75) is 6.92 Å². The van der Waals surface area contributed by atoms with Gasteiger partial charge in [-0.05, 0) is 14.1 Å². The zero-order valence-corrected chi connectivity index (χ0v) is 8.13. The summed E-state index contributed by atoms with van der Waals surface area (Å²) in [4.78, 5) is 13.2. The van der Waals surface area contributed by atoms with Gasteiger partial charge in [0, 0.05) is 25.6 Å². The highest BCUT2D eigenvalue weighted by molar-refractivity contribution is 5.78. The van der Waals surface area contributed by atoms with Gasteiger partial charge in [-0.1, -0.05) is 6.92 Å². The van der Waals surface area contributed by atoms with E-state index in [9.17, 15) is 4.79 Å². The second-order valence-corrected chi connectivity index (χ2v) is 3.23. The van der Waals surface area contributed by atoms with Gasteiger partial charge in [0.1, 0.15) is 0 Å². The number of amides is 1. The van der Waals surface area contributed by atoms with Gasteiger partial charge in [-0.2, -0.15) is 0 Å². The van der Waals surface area contributed by atoms with Crippen LogP contribution >= 0.6 is 0 Å². The van der Waals surface area contributed by atoms with Gasteiger partial charge >= 0.3 is 0 Å². The molecule has 0 aliphatic heterocycles. The summed E-state index contributed by atoms with van der Waals surface area (Å²) in [6, 6.07) is 0. The second-order valence-electron chi connectivity index (χ2n) is 3.23. The van der Waals surface area contributed by atoms with Crippen LogP contribution in [0, 0.1) is 5.92 Å². The van der Waals surface area contributed by atoms with Crippen LogP contribution in [0.25, 0.3) is 0 Å². The van der Waals surface area contributed by atoms with Gasteiger partial charge in [0.2, 0.25) is 5.91 Å². The standard InChI is InChI=1S/C8H19N3O/c1-7(6-9)8(12)10-4-5-11(2)3/h7H,4-6,9H2,1-3H3,(H,10,12). The predicted octanol–water partition coefficient (Wildman–Crippen LogP) is -0.741. The number of nitrogens with zero attached hydrogens (tertiary/aromatic N) is 1. The molecule has 0 saturated carbocycles. The van der Waals surface area contributed by atoms with Crippen molar-refractivity contribution in [3.8, 4) is 0 Å². The number of hydrogen-bond donors (Lipinski definition) is 2. The highest BCUT2D eigenvalue weighted by Crippen LogP contribution is 1.89. The Morgan fingerprint density at radius 3 is 2.58 bits per heavy atom. The molecule has 0 aliphatic rings. The van der Waals surface area contributed by atoms with Gasteiger partial charge in [-0.3, -0.25) is 4.79 Å². The smallest absolute Gasteiger partial charge is 0.224 e. The van der Waals surface area contributed by atoms with Crippen LogP contribution in [0.15, 0.2) is 0 Å². The molecule has 1 amide bonds. The van der Waals surface area contributed by atoms with Crippen molar-refractivity contribution in [2.24, 2.45) is 11.7 Å². The lowest BCUT2D eigenvalue weighted by Gasteiger charge is -2.12. The van der Waals surface area contributed by atoms with Crippen molar-refractivity contribution < 1.29 is 4.79 Å². The molecular weight excluding hydrogens is 154 g/mol. The molecular formula is C8H19N3O. The maximum absolute atomic E-state index is 11.1. The lowest BCUT2D eigenvalue weighted by atomic mass is 10.2. The third-order valence-corrected chi connectivity index (χ3v) is 1.66. The maximum atomic E-state index is 11.1. The summed E-state index contributed by atoms with van der Waals surface area (Å²) < 4.78 is 0. The van der Waals surface area contributed by atoms with Crippen LogP contribution in [0.2, 0.25) is 0 Å². The van der Waals surface area contributed by atoms with Crippen LogP contribution in [0.1, 0.15) is 6.92 Å². The van der Waals surface area contributed by atoms with Gasteiger partial charge < -0.3 is 16.0 Å². The number of rotatable bonds is 5. The number of hydrogen-bond acceptors (Lipinski definition) is 3. The number of carbonyl (C=O) groups is 1. The molecule has 4 nitrogen and oxygen atoms in total. The molecule has 0 aliphatic carbocycles. The van der Waals surface area contributed by atoms with E-state index in [4.69, 9.17) is 5.73 Å². The van der Waals surface area contributed by atoms with E-state index in [-0.39, 0.29) is 11.8 Å². The van der Waals surface area contributed by atoms with Crippen molar-refractivity contribution in [2.75, 3.05) is 33.7 Å². The minimum atomic E-state index is -0.0767. The van der Waals surface area contributed by atoms with Crippen LogP contribution < -0.4 is 11.1 Å². The summed E-state index contributed by atoms with van der Waals surface area (Å²) in [5.74, 6) is -0.0356. The van der Waals surface area contributed by atoms with Gasteiger partial charge in [-0.15, -0.1) is 0 Å². The normalized spacial score (nSPS) is 13.1. The van der Waals surface area contributed by atoms with Gasteiger partial charge in [-0.25, -0.2) is 0 Å². The Hall–Kier alpha value is -0.610. The third kappa shape index (κ3) is 5.09. The molecule has 0 aromatic heterocycles. The first-order valence-electron chi connectivity index (χ1n) is 4.20. The molecule has 1 unspecified atom stereocenters. The zero-order chi connectivity index (χ0) is 9.56. The molecule has 0 bridgehead atoms. The molecule has 0 spiro atoms. The van der Waals surface area contributed by atoms with Crippen molar-refractivity contribution >= 4 is 5.91 Å². The fraction of sp³-hybridized carbons (Fsp3) is 0.875. The number of nitrogens with one attached hydrogen (secondary N) is 1. The van der Waals surface area contributed by atoms with Gasteiger partial charge in [0.15, 0.2) is 0 Å². The summed E-state index contributed by atoms with van der Waals surface area (Å²) in [6.07, 6.45) is 0. The summed E-state index contributed by atoms with van der Waals surface area (Å²) in [6.45, 7) is 3.79. The molecule has 0 heterocycles. The molecule has 3 N–H and O–H groups in total. The second kappa shape index (κ2) is 5.97. The van der Waals surface area contributed by atoms with Crippen LogP contribution in [0.5, 0.6) is 0 Å². The van der Waals surface area contributed by atoms with E-state index in [0.29, 0.717) is 13.1 Å². The van der Waals surface area contributed by atoms with E-state index in [1.54, 1.807) is 0 Å². The quantitative estimate of drug-likeness (QED) is 0.575. The van der Waals surface area contributed by atoms with E-state index in [1.165, 1.54) is 0 Å². The SMILES string of the molecule is CC(CN)C(=O)NCCN(C)C. The summed E-state index contributed by atoms with van der Waals surface area (Å²) in [5, 5.41) is 2.80. The highest BCUT2D eigenvalue weighted by Gasteiger charge is 2.08. The van der Waals surface area contributed by atoms with Crippen LogP contribution in [0.3, 0.4) is 0 Å². The van der Waals surface area contributed by atoms with E-state index in [2.05, 4.69) is 5.32 Å². The minimum Gasteiger partial charge on any atom is -0.355 e. The topological polar surface area (TPSA) is 58.4 Å². The predicted molar refractivity (Wildman–Crippen MR) is 49.8 cm³/mol. The molecule has 12 heavy (non-hydrogen) atoms. The third-order valence-electron chi connectivity index (χ3n) is 1.66. The Morgan fingerprint density at radius 1 is 1.58 bits per heavy atom. The Bertz CT molecular complexity index is 136. The molecule has 0 saturated heterocycles. The van der Waals surface area contributed by atoms with E-state index < -0.39 is 0 Å². The zero-order valence-electron chi connectivity index (χ0n) is 8.13. The molecule has 0 radical (unpaired) electrons. The number of nitrogens with two attached hydrogens (primary N) is 1. The molecule has 1 atom stereocenters. The first-order chi connectivity index (χ1) is 5.57. The minimum absolute atomic E-state index is 0.0411. The van der Waals surface area contributed by atoms with Crippen molar-refractivity contribution in [1.29, 1.82) is 0 Å². The summed E-state index contributed by atoms with van der Waals surface area (Å²) in [7, 11) is 3.94. The van der Waals surface area contributed by atoms with E-state index in [1.807, 2.05) is 25.9 Å². The fourth-order valence-electron chi connectivity index (χ4n) is 0.684. The van der Waals surface area contributed by atoms with Gasteiger partial charge in [0.25, 0.3) is 0 Å². The molecule has 0 rings (SSSR count). The first-order valence-corrected chi connectivity index (χ1v) is 4.20. The molecule has 0 aromatic carbocycles. The Labute approximate surface area is 74.1 Å². The van der Waals surface area contributed by atoms with Crippen molar-refractivity contribution in [3.63, 3.8) is 0 Å². The van der Waals surface area contributed by atoms with Crippen LogP contribution in [0.4, 0.5) is 0 Å². The molecule has 72 valence electrons. The lowest BCUT2D eigenvalue weighted by Crippen LogP contribution is -2.37. The molecule has 4 heteroatoms. The average molecular weight is 173 g/mol. The van der Waals surface area contributed by atoms with E-state index >= 15 is 0 Å². The Morgan fingerprint density at radius 2 is 2.17 bits per heavy atom. The number of carbonyl (C=O) groups excluding carboxylic acids is 1. The largest absolute Gasteiger partial charge is 0.355 e. The lowest BCUT2D eigenvalue weighted by molar-refractivity contribution is -0.124. The first kappa shape index (κ1) is 11.4. The fourth-order valence-corrected chi connectivity index (χ4v) is 0.684. The Kier molecular flexibility index (Phi) is 5.66. The van der Waals surface area contributed by atoms with Crippen molar-refractivity contribution in [1.82, 2.24) is 10.2 Å². The maximum Gasteiger partial charge on any atom is 0.224 e. The molecule has 0 aromatic rings. The average Bonchev–Trinajstić information content (AvgIpc) is 2.02. The summed E-state index contributed by atoms with van der Waals surface area (Å²) >= 11 is 0. The van der Waals surface area contributed by atoms with Crippen LogP contribution in [-0.4, -0.2) is 44.5 Å².